The number of carbonyl (C=O) groups is 1. The van der Waals surface area contributed by atoms with Crippen molar-refractivity contribution in [1.29, 1.82) is 0 Å². The van der Waals surface area contributed by atoms with Crippen LogP contribution in [0, 0.1) is 5.82 Å². The van der Waals surface area contributed by atoms with Crippen LogP contribution in [0.5, 0.6) is 0 Å². The zero-order chi connectivity index (χ0) is 22.0. The van der Waals surface area contributed by atoms with Crippen LogP contribution in [0.2, 0.25) is 0 Å². The highest BCUT2D eigenvalue weighted by atomic mass is 32.2. The molecule has 0 radical (unpaired) electrons. The van der Waals surface area contributed by atoms with Gasteiger partial charge in [-0.1, -0.05) is 36.0 Å². The standard InChI is InChI=1S/C21H25FN4O3S2/c1-2-10-25-20(16-9-11-31(28,29)14-16)23-24-21(25)30-13-19(27)26(17-7-8-17)12-15-5-3-4-6-18(15)22/h2-6,16-17H,1,7-14H2. The Balaban J connectivity index is 1.46. The number of amides is 1. The normalized spacial score (nSPS) is 20.0. The summed E-state index contributed by atoms with van der Waals surface area (Å²) in [7, 11) is -3.04. The maximum atomic E-state index is 14.1. The lowest BCUT2D eigenvalue weighted by atomic mass is 10.1. The number of hydrogen-bond donors (Lipinski definition) is 0. The van der Waals surface area contributed by atoms with E-state index in [-0.39, 0.29) is 47.5 Å². The summed E-state index contributed by atoms with van der Waals surface area (Å²) in [5, 5.41) is 9.02. The molecular weight excluding hydrogens is 439 g/mol. The quantitative estimate of drug-likeness (QED) is 0.419. The third kappa shape index (κ3) is 5.17. The van der Waals surface area contributed by atoms with Crippen LogP contribution in [-0.4, -0.2) is 57.3 Å². The molecule has 1 saturated heterocycles. The van der Waals surface area contributed by atoms with Gasteiger partial charge in [0.25, 0.3) is 0 Å². The Labute approximate surface area is 185 Å². The zero-order valence-electron chi connectivity index (χ0n) is 17.1. The second-order valence-electron chi connectivity index (χ2n) is 7.97. The van der Waals surface area contributed by atoms with Crippen molar-refractivity contribution < 1.29 is 17.6 Å². The molecule has 1 unspecified atom stereocenters. The molecule has 0 spiro atoms. The number of thioether (sulfide) groups is 1. The number of nitrogens with zero attached hydrogens (tertiary/aromatic N) is 4. The summed E-state index contributed by atoms with van der Waals surface area (Å²) in [6.07, 6.45) is 4.09. The summed E-state index contributed by atoms with van der Waals surface area (Å²) < 4.78 is 39.6. The number of rotatable bonds is 9. The van der Waals surface area contributed by atoms with Gasteiger partial charge in [0.2, 0.25) is 5.91 Å². The van der Waals surface area contributed by atoms with Crippen LogP contribution in [0.3, 0.4) is 0 Å². The van der Waals surface area contributed by atoms with Crippen molar-refractivity contribution in [2.75, 3.05) is 17.3 Å². The average Bonchev–Trinajstić information content (AvgIpc) is 3.40. The van der Waals surface area contributed by atoms with Crippen molar-refractivity contribution in [1.82, 2.24) is 19.7 Å². The number of allylic oxidation sites excluding steroid dienone is 1. The fraction of sp³-hybridized carbons (Fsp3) is 0.476. The topological polar surface area (TPSA) is 85.2 Å². The van der Waals surface area contributed by atoms with Gasteiger partial charge in [0, 0.05) is 30.6 Å². The van der Waals surface area contributed by atoms with Crippen molar-refractivity contribution in [3.63, 3.8) is 0 Å². The lowest BCUT2D eigenvalue weighted by Gasteiger charge is -2.22. The summed E-state index contributed by atoms with van der Waals surface area (Å²) in [6.45, 7) is 4.46. The van der Waals surface area contributed by atoms with E-state index >= 15 is 0 Å². The molecule has 1 aliphatic heterocycles. The third-order valence-corrected chi connectivity index (χ3v) is 8.31. The predicted octanol–water partition coefficient (Wildman–Crippen LogP) is 2.79. The van der Waals surface area contributed by atoms with Crippen LogP contribution < -0.4 is 0 Å². The van der Waals surface area contributed by atoms with E-state index in [9.17, 15) is 17.6 Å². The predicted molar refractivity (Wildman–Crippen MR) is 117 cm³/mol. The van der Waals surface area contributed by atoms with Gasteiger partial charge in [-0.05, 0) is 25.3 Å². The molecule has 1 amide bonds. The van der Waals surface area contributed by atoms with Crippen molar-refractivity contribution >= 4 is 27.5 Å². The van der Waals surface area contributed by atoms with Crippen molar-refractivity contribution in [3.8, 4) is 0 Å². The molecule has 10 heteroatoms. The van der Waals surface area contributed by atoms with Crippen LogP contribution in [0.1, 0.15) is 36.6 Å². The number of hydrogen-bond acceptors (Lipinski definition) is 6. The van der Waals surface area contributed by atoms with E-state index in [0.717, 1.165) is 12.8 Å². The third-order valence-electron chi connectivity index (χ3n) is 5.59. The molecule has 31 heavy (non-hydrogen) atoms. The molecule has 1 aromatic heterocycles. The smallest absolute Gasteiger partial charge is 0.233 e. The van der Waals surface area contributed by atoms with Crippen LogP contribution in [0.25, 0.3) is 0 Å². The van der Waals surface area contributed by atoms with Gasteiger partial charge in [-0.25, -0.2) is 12.8 Å². The highest BCUT2D eigenvalue weighted by Crippen LogP contribution is 2.32. The first-order valence-corrected chi connectivity index (χ1v) is 13.1. The second-order valence-corrected chi connectivity index (χ2v) is 11.1. The van der Waals surface area contributed by atoms with E-state index in [1.165, 1.54) is 17.8 Å². The molecule has 1 aliphatic carbocycles. The Morgan fingerprint density at radius 1 is 1.29 bits per heavy atom. The van der Waals surface area contributed by atoms with Crippen LogP contribution >= 0.6 is 11.8 Å². The first-order chi connectivity index (χ1) is 14.9. The first kappa shape index (κ1) is 22.0. The van der Waals surface area contributed by atoms with Crippen molar-refractivity contribution in [2.45, 2.75) is 49.5 Å². The lowest BCUT2D eigenvalue weighted by Crippen LogP contribution is -2.34. The van der Waals surface area contributed by atoms with E-state index in [2.05, 4.69) is 16.8 Å². The minimum absolute atomic E-state index is 0.0734. The van der Waals surface area contributed by atoms with Crippen LogP contribution in [0.4, 0.5) is 4.39 Å². The van der Waals surface area contributed by atoms with Gasteiger partial charge < -0.3 is 9.47 Å². The fourth-order valence-corrected chi connectivity index (χ4v) is 6.41. The summed E-state index contributed by atoms with van der Waals surface area (Å²) in [6, 6.07) is 6.66. The van der Waals surface area contributed by atoms with Crippen molar-refractivity contribution in [2.24, 2.45) is 0 Å². The monoisotopic (exact) mass is 464 g/mol. The van der Waals surface area contributed by atoms with Crippen molar-refractivity contribution in [3.05, 3.63) is 54.1 Å². The zero-order valence-corrected chi connectivity index (χ0v) is 18.7. The number of aromatic nitrogens is 3. The molecule has 2 aromatic rings. The second kappa shape index (κ2) is 9.12. The Bertz CT molecular complexity index is 1080. The Kier molecular flexibility index (Phi) is 6.47. The van der Waals surface area contributed by atoms with E-state index in [0.29, 0.717) is 29.5 Å². The van der Waals surface area contributed by atoms with Gasteiger partial charge in [0.15, 0.2) is 15.0 Å². The molecule has 0 bridgehead atoms. The number of halogens is 1. The Morgan fingerprint density at radius 3 is 2.71 bits per heavy atom. The van der Waals surface area contributed by atoms with E-state index in [1.54, 1.807) is 29.2 Å². The highest BCUT2D eigenvalue weighted by molar-refractivity contribution is 7.99. The summed E-state index contributed by atoms with van der Waals surface area (Å²) in [4.78, 5) is 14.7. The largest absolute Gasteiger partial charge is 0.335 e. The van der Waals surface area contributed by atoms with Gasteiger partial charge >= 0.3 is 0 Å². The molecule has 7 nitrogen and oxygen atoms in total. The minimum Gasteiger partial charge on any atom is -0.335 e. The van der Waals surface area contributed by atoms with Crippen LogP contribution in [0.15, 0.2) is 42.1 Å². The molecule has 0 N–H and O–H groups in total. The molecule has 1 atom stereocenters. The summed E-state index contributed by atoms with van der Waals surface area (Å²) >= 11 is 1.27. The van der Waals surface area contributed by atoms with Gasteiger partial charge in [-0.15, -0.1) is 16.8 Å². The molecule has 4 rings (SSSR count). The number of sulfone groups is 1. The molecule has 2 heterocycles. The minimum atomic E-state index is -3.04. The lowest BCUT2D eigenvalue weighted by molar-refractivity contribution is -0.129. The van der Waals surface area contributed by atoms with Crippen LogP contribution in [-0.2, 0) is 27.7 Å². The van der Waals surface area contributed by atoms with E-state index < -0.39 is 9.84 Å². The Hall–Kier alpha value is -2.20. The van der Waals surface area contributed by atoms with Gasteiger partial charge in [0.1, 0.15) is 11.6 Å². The summed E-state index contributed by atoms with van der Waals surface area (Å²) in [5.41, 5.74) is 0.507. The average molecular weight is 465 g/mol. The highest BCUT2D eigenvalue weighted by Gasteiger charge is 2.35. The molecule has 2 aliphatic rings. The summed E-state index contributed by atoms with van der Waals surface area (Å²) in [5.74, 6) is 0.441. The molecule has 166 valence electrons. The van der Waals surface area contributed by atoms with Gasteiger partial charge in [-0.2, -0.15) is 0 Å². The van der Waals surface area contributed by atoms with Gasteiger partial charge in [-0.3, -0.25) is 4.79 Å². The maximum absolute atomic E-state index is 14.1. The number of carbonyl (C=O) groups excluding carboxylic acids is 1. The molecular formula is C21H25FN4O3S2. The molecule has 1 aromatic carbocycles. The van der Waals surface area contributed by atoms with Gasteiger partial charge in [0.05, 0.1) is 17.3 Å². The number of benzene rings is 1. The SMILES string of the molecule is C=CCn1c(SCC(=O)N(Cc2ccccc2F)C2CC2)nnc1C1CCS(=O)(=O)C1. The van der Waals surface area contributed by atoms with E-state index in [4.69, 9.17) is 0 Å². The first-order valence-electron chi connectivity index (χ1n) is 10.3. The molecule has 2 fully saturated rings. The molecule has 1 saturated carbocycles. The fourth-order valence-electron chi connectivity index (χ4n) is 3.83. The van der Waals surface area contributed by atoms with E-state index in [1.807, 2.05) is 4.57 Å². The Morgan fingerprint density at radius 2 is 2.06 bits per heavy atom. The maximum Gasteiger partial charge on any atom is 0.233 e.